The summed E-state index contributed by atoms with van der Waals surface area (Å²) in [6, 6.07) is 17.0. The van der Waals surface area contributed by atoms with E-state index in [2.05, 4.69) is 161 Å². The van der Waals surface area contributed by atoms with Crippen molar-refractivity contribution in [2.24, 2.45) is 5.41 Å². The van der Waals surface area contributed by atoms with Crippen LogP contribution < -0.4 is 18.5 Å². The second-order valence-corrected chi connectivity index (χ2v) is 29.0. The van der Waals surface area contributed by atoms with Crippen molar-refractivity contribution < 1.29 is 46.2 Å². The molecule has 0 amide bonds. The van der Waals surface area contributed by atoms with Crippen LogP contribution in [0.3, 0.4) is 0 Å². The van der Waals surface area contributed by atoms with Gasteiger partial charge in [-0.2, -0.15) is 0 Å². The predicted octanol–water partition coefficient (Wildman–Crippen LogP) is 15.2. The van der Waals surface area contributed by atoms with Gasteiger partial charge in [-0.3, -0.25) is 9.59 Å². The van der Waals surface area contributed by atoms with E-state index in [0.29, 0.717) is 49.4 Å². The Morgan fingerprint density at radius 3 is 1.03 bits per heavy atom. The van der Waals surface area contributed by atoms with E-state index in [9.17, 15) is 9.59 Å². The maximum absolute atomic E-state index is 13.9. The maximum atomic E-state index is 13.9. The SMILES string of the molecule is Cc1cc(C2C(=O)Oc3c2cc(C(C)(C)C)cc3C(C)(C)C)cc(C(C)(C)C)c1OP1OCC2(CO1)COP(Oc1c(C)cc(C3C(=O)Oc4c3cc(C(C)(C)C)cc4C(C)(C)C)cc1C(C)(C)C)OC2. The van der Waals surface area contributed by atoms with Crippen LogP contribution in [0.2, 0.25) is 0 Å². The molecule has 1 spiro atoms. The van der Waals surface area contributed by atoms with Crippen molar-refractivity contribution in [3.63, 3.8) is 0 Å². The van der Waals surface area contributed by atoms with Gasteiger partial charge in [0.05, 0.1) is 31.8 Å². The van der Waals surface area contributed by atoms with Gasteiger partial charge >= 0.3 is 29.1 Å². The van der Waals surface area contributed by atoms with Gasteiger partial charge in [0.1, 0.15) is 34.8 Å². The van der Waals surface area contributed by atoms with Crippen LogP contribution in [-0.4, -0.2) is 38.4 Å². The molecule has 4 aliphatic heterocycles. The van der Waals surface area contributed by atoms with Crippen LogP contribution in [0.1, 0.15) is 203 Å². The number of benzene rings is 4. The summed E-state index contributed by atoms with van der Waals surface area (Å²) >= 11 is 0. The molecule has 2 saturated heterocycles. The Labute approximate surface area is 426 Å². The number of hydrogen-bond acceptors (Lipinski definition) is 10. The third-order valence-corrected chi connectivity index (χ3v) is 16.2. The highest BCUT2D eigenvalue weighted by Gasteiger charge is 2.47. The Kier molecular flexibility index (Phi) is 13.7. The minimum Gasteiger partial charge on any atom is -0.426 e. The average molecular weight is 1010 g/mol. The molecule has 0 bridgehead atoms. The van der Waals surface area contributed by atoms with E-state index >= 15 is 0 Å². The Bertz CT molecular complexity index is 2560. The van der Waals surface area contributed by atoms with Crippen LogP contribution in [0.15, 0.2) is 48.5 Å². The molecule has 4 heterocycles. The first-order valence-electron chi connectivity index (χ1n) is 25.1. The third-order valence-electron chi connectivity index (χ3n) is 14.2. The molecule has 384 valence electrons. The number of carbonyl (C=O) groups excluding carboxylic acids is 2. The molecular formula is C59H78O10P2. The van der Waals surface area contributed by atoms with Gasteiger partial charge in [0.2, 0.25) is 0 Å². The van der Waals surface area contributed by atoms with Crippen molar-refractivity contribution in [1.29, 1.82) is 0 Å². The lowest BCUT2D eigenvalue weighted by atomic mass is 9.76. The summed E-state index contributed by atoms with van der Waals surface area (Å²) in [7, 11) is -3.52. The topological polar surface area (TPSA) is 108 Å². The Hall–Kier alpha value is -3.88. The van der Waals surface area contributed by atoms with Crippen molar-refractivity contribution in [2.45, 2.75) is 183 Å². The first kappa shape index (κ1) is 53.4. The van der Waals surface area contributed by atoms with E-state index in [1.165, 1.54) is 11.1 Å². The maximum Gasteiger partial charge on any atom is 0.397 e. The van der Waals surface area contributed by atoms with E-state index in [-0.39, 0.29) is 44.4 Å². The lowest BCUT2D eigenvalue weighted by Gasteiger charge is -2.41. The second kappa shape index (κ2) is 18.2. The summed E-state index contributed by atoms with van der Waals surface area (Å²) in [5.74, 6) is 1.06. The second-order valence-electron chi connectivity index (χ2n) is 26.7. The van der Waals surface area contributed by atoms with Crippen molar-refractivity contribution >= 4 is 29.1 Å². The molecule has 4 aliphatic rings. The Balaban J connectivity index is 0.974. The fraction of sp³-hybridized carbons (Fsp3) is 0.559. The summed E-state index contributed by atoms with van der Waals surface area (Å²) < 4.78 is 51.1. The van der Waals surface area contributed by atoms with Gasteiger partial charge in [-0.05, 0) is 79.7 Å². The molecule has 0 aliphatic carbocycles. The monoisotopic (exact) mass is 1010 g/mol. The molecule has 12 heteroatoms. The number of carbonyl (C=O) groups is 2. The van der Waals surface area contributed by atoms with Gasteiger partial charge in [0.25, 0.3) is 0 Å². The van der Waals surface area contributed by atoms with Crippen LogP contribution in [0.5, 0.6) is 23.0 Å². The lowest BCUT2D eigenvalue weighted by molar-refractivity contribution is -0.134. The van der Waals surface area contributed by atoms with Crippen molar-refractivity contribution in [1.82, 2.24) is 0 Å². The van der Waals surface area contributed by atoms with Crippen LogP contribution >= 0.6 is 17.2 Å². The van der Waals surface area contributed by atoms with Gasteiger partial charge in [-0.25, -0.2) is 0 Å². The molecule has 8 rings (SSSR count). The molecule has 0 aromatic heterocycles. The van der Waals surface area contributed by atoms with E-state index in [4.69, 9.17) is 36.6 Å². The molecule has 2 fully saturated rings. The molecule has 0 N–H and O–H groups in total. The van der Waals surface area contributed by atoms with Gasteiger partial charge in [-0.15, -0.1) is 0 Å². The van der Waals surface area contributed by atoms with Gasteiger partial charge in [0, 0.05) is 33.4 Å². The standard InChI is InChI=1S/C59H78O10P2/c1-33-21-35(45-39-25-37(53(3,4)5)27-43(57(15,16)17)49(39)66-51(45)60)23-41(55(9,10)11)47(33)68-70-62-29-59(30-63-70)31-64-71(65-32-59)69-48-34(2)22-36(24-42(48)56(12,13)14)46-40-26-38(54(6,7)8)28-44(58(18,19)20)50(40)67-52(46)61/h21-28,45-46H,29-32H2,1-20H3. The first-order valence-corrected chi connectivity index (χ1v) is 27.3. The molecule has 2 atom stereocenters. The zero-order valence-corrected chi connectivity index (χ0v) is 47.9. The lowest BCUT2D eigenvalue weighted by Crippen LogP contribution is -2.45. The van der Waals surface area contributed by atoms with Crippen molar-refractivity contribution in [2.75, 3.05) is 26.4 Å². The highest BCUT2D eigenvalue weighted by Crippen LogP contribution is 2.57. The summed E-state index contributed by atoms with van der Waals surface area (Å²) in [6.07, 6.45) is 0. The van der Waals surface area contributed by atoms with Crippen LogP contribution in [0.25, 0.3) is 0 Å². The fourth-order valence-electron chi connectivity index (χ4n) is 9.77. The van der Waals surface area contributed by atoms with Gasteiger partial charge in [0.15, 0.2) is 0 Å². The summed E-state index contributed by atoms with van der Waals surface area (Å²) in [5.41, 5.74) is 9.72. The minimum atomic E-state index is -1.76. The molecule has 0 radical (unpaired) electrons. The number of aryl methyl sites for hydroxylation is 2. The molecule has 2 unspecified atom stereocenters. The number of hydrogen-bond donors (Lipinski definition) is 0. The zero-order valence-electron chi connectivity index (χ0n) is 46.1. The molecule has 0 saturated carbocycles. The predicted molar refractivity (Wildman–Crippen MR) is 284 cm³/mol. The molecule has 71 heavy (non-hydrogen) atoms. The zero-order chi connectivity index (χ0) is 52.3. The number of ether oxygens (including phenoxy) is 2. The van der Waals surface area contributed by atoms with E-state index in [1.54, 1.807) is 0 Å². The number of rotatable bonds is 6. The summed E-state index contributed by atoms with van der Waals surface area (Å²) in [6.45, 7) is 44.3. The van der Waals surface area contributed by atoms with E-state index < -0.39 is 34.5 Å². The van der Waals surface area contributed by atoms with Crippen LogP contribution in [0.4, 0.5) is 0 Å². The molecule has 10 nitrogen and oxygen atoms in total. The van der Waals surface area contributed by atoms with Gasteiger partial charge < -0.3 is 36.6 Å². The quantitative estimate of drug-likeness (QED) is 0.105. The van der Waals surface area contributed by atoms with E-state index in [0.717, 1.165) is 55.6 Å². The summed E-state index contributed by atoms with van der Waals surface area (Å²) in [4.78, 5) is 27.8. The number of esters is 2. The first-order chi connectivity index (χ1) is 32.6. The highest BCUT2D eigenvalue weighted by molar-refractivity contribution is 7.42. The largest absolute Gasteiger partial charge is 0.426 e. The molecule has 4 aromatic rings. The Morgan fingerprint density at radius 2 is 0.746 bits per heavy atom. The van der Waals surface area contributed by atoms with Crippen LogP contribution in [0, 0.1) is 19.3 Å². The molecule has 4 aromatic carbocycles. The fourth-order valence-corrected chi connectivity index (χ4v) is 12.4. The average Bonchev–Trinajstić information content (AvgIpc) is 3.75. The minimum absolute atomic E-state index is 0.121. The third kappa shape index (κ3) is 10.6. The Morgan fingerprint density at radius 1 is 0.437 bits per heavy atom. The molecular weight excluding hydrogens is 931 g/mol. The van der Waals surface area contributed by atoms with Crippen molar-refractivity contribution in [3.05, 3.63) is 115 Å². The number of fused-ring (bicyclic) bond motifs is 2. The normalized spacial score (nSPS) is 23.1. The van der Waals surface area contributed by atoms with Gasteiger partial charge in [-0.1, -0.05) is 173 Å². The highest BCUT2D eigenvalue weighted by atomic mass is 31.2. The van der Waals surface area contributed by atoms with Crippen molar-refractivity contribution in [3.8, 4) is 23.0 Å². The van der Waals surface area contributed by atoms with Crippen LogP contribution in [-0.2, 0) is 60.2 Å². The van der Waals surface area contributed by atoms with E-state index in [1.807, 2.05) is 26.0 Å². The summed E-state index contributed by atoms with van der Waals surface area (Å²) in [5, 5.41) is 0. The smallest absolute Gasteiger partial charge is 0.397 e.